The molecule has 1 amide bonds. The molecule has 0 atom stereocenters. The molecule has 1 N–H and O–H groups in total. The van der Waals surface area contributed by atoms with E-state index in [0.29, 0.717) is 12.3 Å². The zero-order chi connectivity index (χ0) is 22.5. The Morgan fingerprint density at radius 2 is 1.65 bits per heavy atom. The van der Waals surface area contributed by atoms with Gasteiger partial charge in [-0.05, 0) is 73.9 Å². The number of carbonyl (C=O) groups is 1. The van der Waals surface area contributed by atoms with Crippen molar-refractivity contribution in [1.82, 2.24) is 4.90 Å². The van der Waals surface area contributed by atoms with Gasteiger partial charge in [-0.15, -0.1) is 0 Å². The molecule has 6 nitrogen and oxygen atoms in total. The van der Waals surface area contributed by atoms with Crippen LogP contribution < -0.4 is 14.2 Å². The molecule has 0 spiro atoms. The van der Waals surface area contributed by atoms with Gasteiger partial charge in [-0.1, -0.05) is 18.2 Å². The van der Waals surface area contributed by atoms with Crippen molar-refractivity contribution in [2.45, 2.75) is 38.5 Å². The number of rotatable bonds is 14. The number of aryl methyl sites for hydroxylation is 2. The fourth-order valence-electron chi connectivity index (χ4n) is 3.34. The summed E-state index contributed by atoms with van der Waals surface area (Å²) in [6.45, 7) is 0.912. The van der Waals surface area contributed by atoms with Crippen LogP contribution in [0.3, 0.4) is 0 Å². The van der Waals surface area contributed by atoms with Crippen LogP contribution in [0.5, 0.6) is 17.2 Å². The topological polar surface area (TPSA) is 68.2 Å². The van der Waals surface area contributed by atoms with Crippen molar-refractivity contribution in [3.63, 3.8) is 0 Å². The number of carbonyl (C=O) groups excluding carboxylic acids is 1. The number of likely N-dealkylation sites (N-methyl/N-ethyl adjacent to an activating group) is 1. The van der Waals surface area contributed by atoms with Gasteiger partial charge in [-0.25, -0.2) is 0 Å². The van der Waals surface area contributed by atoms with Crippen molar-refractivity contribution in [1.29, 1.82) is 0 Å². The number of hydrogen-bond donors (Lipinski definition) is 1. The highest BCUT2D eigenvalue weighted by Gasteiger charge is 2.10. The second-order valence-corrected chi connectivity index (χ2v) is 7.58. The Morgan fingerprint density at radius 3 is 2.35 bits per heavy atom. The molecule has 170 valence electrons. The highest BCUT2D eigenvalue weighted by molar-refractivity contribution is 5.77. The lowest BCUT2D eigenvalue weighted by atomic mass is 10.0. The predicted molar refractivity (Wildman–Crippen MR) is 122 cm³/mol. The first-order valence-electron chi connectivity index (χ1n) is 10.8. The molecule has 0 fully saturated rings. The number of amides is 1. The number of nitrogens with zero attached hydrogens (tertiary/aromatic N) is 1. The van der Waals surface area contributed by atoms with Gasteiger partial charge in [0.15, 0.2) is 18.1 Å². The minimum Gasteiger partial charge on any atom is -0.493 e. The van der Waals surface area contributed by atoms with Crippen LogP contribution >= 0.6 is 0 Å². The van der Waals surface area contributed by atoms with E-state index in [1.807, 2.05) is 30.3 Å². The molecule has 0 saturated carbocycles. The zero-order valence-corrected chi connectivity index (χ0v) is 18.9. The molecule has 0 saturated heterocycles. The van der Waals surface area contributed by atoms with Crippen LogP contribution in [-0.4, -0.2) is 56.9 Å². The maximum atomic E-state index is 12.2. The molecule has 2 rings (SSSR count). The number of ether oxygens (including phenoxy) is 3. The molecule has 6 heteroatoms. The number of methoxy groups -OCH3 is 2. The molecule has 0 bridgehead atoms. The number of hydrogen-bond acceptors (Lipinski definition) is 5. The van der Waals surface area contributed by atoms with Crippen LogP contribution in [-0.2, 0) is 17.6 Å². The van der Waals surface area contributed by atoms with Crippen LogP contribution in [0.25, 0.3) is 0 Å². The van der Waals surface area contributed by atoms with E-state index in [1.165, 1.54) is 11.1 Å². The monoisotopic (exact) mass is 429 g/mol. The molecular weight excluding hydrogens is 394 g/mol. The first kappa shape index (κ1) is 24.5. The molecule has 0 aliphatic carbocycles. The van der Waals surface area contributed by atoms with Crippen molar-refractivity contribution < 1.29 is 24.1 Å². The summed E-state index contributed by atoms with van der Waals surface area (Å²) in [4.78, 5) is 13.9. The van der Waals surface area contributed by atoms with E-state index in [9.17, 15) is 4.79 Å². The summed E-state index contributed by atoms with van der Waals surface area (Å²) in [5, 5.41) is 8.82. The van der Waals surface area contributed by atoms with Crippen molar-refractivity contribution in [2.24, 2.45) is 0 Å². The van der Waals surface area contributed by atoms with E-state index >= 15 is 0 Å². The van der Waals surface area contributed by atoms with Gasteiger partial charge >= 0.3 is 0 Å². The van der Waals surface area contributed by atoms with Crippen LogP contribution in [0.15, 0.2) is 42.5 Å². The van der Waals surface area contributed by atoms with Gasteiger partial charge in [-0.2, -0.15) is 0 Å². The quantitative estimate of drug-likeness (QED) is 0.462. The van der Waals surface area contributed by atoms with E-state index in [1.54, 1.807) is 26.2 Å². The Bertz CT molecular complexity index is 808. The Balaban J connectivity index is 1.78. The normalized spacial score (nSPS) is 10.6. The minimum atomic E-state index is -0.0390. The minimum absolute atomic E-state index is 0.0333. The van der Waals surface area contributed by atoms with E-state index in [-0.39, 0.29) is 19.1 Å². The zero-order valence-electron chi connectivity index (χ0n) is 18.9. The Kier molecular flexibility index (Phi) is 10.7. The Morgan fingerprint density at radius 1 is 0.903 bits per heavy atom. The number of aliphatic hydroxyl groups is 1. The third kappa shape index (κ3) is 8.50. The summed E-state index contributed by atoms with van der Waals surface area (Å²) in [5.41, 5.74) is 2.39. The average molecular weight is 430 g/mol. The predicted octanol–water partition coefficient (Wildman–Crippen LogP) is 3.88. The lowest BCUT2D eigenvalue weighted by molar-refractivity contribution is -0.132. The molecule has 31 heavy (non-hydrogen) atoms. The van der Waals surface area contributed by atoms with Gasteiger partial charge in [0, 0.05) is 20.2 Å². The molecule has 2 aromatic rings. The maximum absolute atomic E-state index is 12.2. The molecule has 2 aromatic carbocycles. The van der Waals surface area contributed by atoms with Crippen LogP contribution in [0.2, 0.25) is 0 Å². The highest BCUT2D eigenvalue weighted by Crippen LogP contribution is 2.28. The summed E-state index contributed by atoms with van der Waals surface area (Å²) in [5.74, 6) is 2.16. The van der Waals surface area contributed by atoms with Crippen molar-refractivity contribution in [2.75, 3.05) is 41.0 Å². The van der Waals surface area contributed by atoms with Crippen molar-refractivity contribution in [3.8, 4) is 17.2 Å². The molecular formula is C25H35NO5. The molecule has 0 aliphatic heterocycles. The number of aliphatic hydroxyl groups excluding tert-OH is 1. The number of unbranched alkanes of at least 4 members (excludes halogenated alkanes) is 2. The molecule has 0 radical (unpaired) electrons. The largest absolute Gasteiger partial charge is 0.493 e. The van der Waals surface area contributed by atoms with Gasteiger partial charge < -0.3 is 24.2 Å². The summed E-state index contributed by atoms with van der Waals surface area (Å²) in [6, 6.07) is 13.9. The smallest absolute Gasteiger partial charge is 0.260 e. The van der Waals surface area contributed by atoms with Crippen molar-refractivity contribution in [3.05, 3.63) is 53.6 Å². The van der Waals surface area contributed by atoms with Crippen LogP contribution in [0, 0.1) is 0 Å². The van der Waals surface area contributed by atoms with E-state index in [0.717, 1.165) is 50.0 Å². The first-order valence-corrected chi connectivity index (χ1v) is 10.8. The second-order valence-electron chi connectivity index (χ2n) is 7.58. The standard InChI is InChI=1S/C25H35NO5/c1-26(15-5-4-6-16-27)25(28)19-31-22-12-8-11-20(17-22)9-7-10-21-13-14-23(29-2)24(18-21)30-3/h8,11-14,17-18,27H,4-7,9-10,15-16,19H2,1-3H3. The Hall–Kier alpha value is -2.73. The average Bonchev–Trinajstić information content (AvgIpc) is 2.80. The van der Waals surface area contributed by atoms with Crippen LogP contribution in [0.1, 0.15) is 36.8 Å². The van der Waals surface area contributed by atoms with E-state index in [2.05, 4.69) is 12.1 Å². The van der Waals surface area contributed by atoms with Gasteiger partial charge in [0.2, 0.25) is 0 Å². The van der Waals surface area contributed by atoms with Crippen LogP contribution in [0.4, 0.5) is 0 Å². The molecule has 0 heterocycles. The molecule has 0 aliphatic rings. The van der Waals surface area contributed by atoms with Gasteiger partial charge in [0.05, 0.1) is 14.2 Å². The number of benzene rings is 2. The van der Waals surface area contributed by atoms with Gasteiger partial charge in [0.25, 0.3) is 5.91 Å². The van der Waals surface area contributed by atoms with Gasteiger partial charge in [0.1, 0.15) is 5.75 Å². The van der Waals surface area contributed by atoms with Crippen molar-refractivity contribution >= 4 is 5.91 Å². The van der Waals surface area contributed by atoms with E-state index < -0.39 is 0 Å². The SMILES string of the molecule is COc1ccc(CCCc2cccc(OCC(=O)N(C)CCCCCO)c2)cc1OC. The lowest BCUT2D eigenvalue weighted by Gasteiger charge is -2.17. The molecule has 0 aromatic heterocycles. The summed E-state index contributed by atoms with van der Waals surface area (Å²) in [6.07, 6.45) is 5.43. The fourth-order valence-corrected chi connectivity index (χ4v) is 3.34. The summed E-state index contributed by atoms with van der Waals surface area (Å²) >= 11 is 0. The summed E-state index contributed by atoms with van der Waals surface area (Å²) in [7, 11) is 5.07. The lowest BCUT2D eigenvalue weighted by Crippen LogP contribution is -2.32. The second kappa shape index (κ2) is 13.5. The van der Waals surface area contributed by atoms with Gasteiger partial charge in [-0.3, -0.25) is 4.79 Å². The third-order valence-corrected chi connectivity index (χ3v) is 5.22. The third-order valence-electron chi connectivity index (χ3n) is 5.22. The molecule has 0 unspecified atom stereocenters. The Labute approximate surface area is 185 Å². The maximum Gasteiger partial charge on any atom is 0.260 e. The fraction of sp³-hybridized carbons (Fsp3) is 0.480. The first-order chi connectivity index (χ1) is 15.1. The van der Waals surface area contributed by atoms with E-state index in [4.69, 9.17) is 19.3 Å². The highest BCUT2D eigenvalue weighted by atomic mass is 16.5. The summed E-state index contributed by atoms with van der Waals surface area (Å²) < 4.78 is 16.4.